The van der Waals surface area contributed by atoms with Crippen LogP contribution in [0.4, 0.5) is 14.5 Å². The number of carbonyl (C=O) groups is 2. The minimum absolute atomic E-state index is 0.0213. The van der Waals surface area contributed by atoms with Crippen molar-refractivity contribution in [2.24, 2.45) is 0 Å². The van der Waals surface area contributed by atoms with E-state index < -0.39 is 27.6 Å². The zero-order chi connectivity index (χ0) is 21.2. The molecule has 0 aromatic heterocycles. The molecule has 2 aromatic carbocycles. The number of hydrogen-bond donors (Lipinski definition) is 2. The van der Waals surface area contributed by atoms with Crippen LogP contribution in [0, 0.1) is 11.6 Å². The van der Waals surface area contributed by atoms with Crippen molar-refractivity contribution in [2.75, 3.05) is 25.0 Å². The van der Waals surface area contributed by atoms with E-state index in [9.17, 15) is 26.8 Å². The summed E-state index contributed by atoms with van der Waals surface area (Å²) in [6, 6.07) is 7.17. The summed E-state index contributed by atoms with van der Waals surface area (Å²) < 4.78 is 52.6. The van der Waals surface area contributed by atoms with Crippen LogP contribution in [0.1, 0.15) is 22.3 Å². The van der Waals surface area contributed by atoms with Gasteiger partial charge in [0.1, 0.15) is 11.6 Å². The molecular weight excluding hydrogens is 404 g/mol. The first-order chi connectivity index (χ1) is 13.7. The maximum Gasteiger partial charge on any atom is 0.254 e. The van der Waals surface area contributed by atoms with Crippen LogP contribution in [0.2, 0.25) is 0 Å². The Labute approximate surface area is 166 Å². The van der Waals surface area contributed by atoms with Crippen molar-refractivity contribution in [1.82, 2.24) is 10.0 Å². The van der Waals surface area contributed by atoms with E-state index in [-0.39, 0.29) is 29.3 Å². The zero-order valence-corrected chi connectivity index (χ0v) is 16.4. The largest absolute Gasteiger partial charge is 0.351 e. The summed E-state index contributed by atoms with van der Waals surface area (Å²) in [5.74, 6) is -2.76. The molecule has 7 nitrogen and oxygen atoms in total. The van der Waals surface area contributed by atoms with Crippen molar-refractivity contribution in [2.45, 2.75) is 17.7 Å². The summed E-state index contributed by atoms with van der Waals surface area (Å²) in [5.41, 5.74) is 1.07. The molecule has 2 aromatic rings. The summed E-state index contributed by atoms with van der Waals surface area (Å²) in [4.78, 5) is 26.1. The van der Waals surface area contributed by atoms with Gasteiger partial charge in [-0.3, -0.25) is 9.59 Å². The first-order valence-electron chi connectivity index (χ1n) is 8.83. The van der Waals surface area contributed by atoms with Crippen LogP contribution in [0.25, 0.3) is 0 Å². The second kappa shape index (κ2) is 8.26. The smallest absolute Gasteiger partial charge is 0.254 e. The SMILES string of the molecule is CNS(=O)(=O)c1ccc2c(c1)CCN2C(=O)CCNC(=O)c1ccc(F)cc1F. The highest BCUT2D eigenvalue weighted by molar-refractivity contribution is 7.89. The molecule has 3 rings (SSSR count). The molecule has 0 saturated carbocycles. The Morgan fingerprint density at radius 1 is 1.14 bits per heavy atom. The standard InChI is InChI=1S/C19H19F2N3O4S/c1-22-29(27,28)14-3-5-17-12(10-14)7-9-24(17)18(25)6-8-23-19(26)15-4-2-13(20)11-16(15)21/h2-5,10-11,22H,6-9H2,1H3,(H,23,26). The van der Waals surface area contributed by atoms with E-state index in [0.717, 1.165) is 17.7 Å². The molecule has 10 heteroatoms. The van der Waals surface area contributed by atoms with Crippen molar-refractivity contribution >= 4 is 27.5 Å². The molecule has 1 aliphatic heterocycles. The lowest BCUT2D eigenvalue weighted by Crippen LogP contribution is -2.33. The summed E-state index contributed by atoms with van der Waals surface area (Å²) in [6.45, 7) is 0.379. The summed E-state index contributed by atoms with van der Waals surface area (Å²) in [5, 5.41) is 2.44. The predicted molar refractivity (Wildman–Crippen MR) is 102 cm³/mol. The number of rotatable bonds is 6. The van der Waals surface area contributed by atoms with Gasteiger partial charge in [-0.2, -0.15) is 0 Å². The van der Waals surface area contributed by atoms with E-state index in [1.165, 1.54) is 24.1 Å². The average Bonchev–Trinajstić information content (AvgIpc) is 3.11. The van der Waals surface area contributed by atoms with Crippen LogP contribution in [0.5, 0.6) is 0 Å². The molecule has 29 heavy (non-hydrogen) atoms. The topological polar surface area (TPSA) is 95.6 Å². The van der Waals surface area contributed by atoms with E-state index >= 15 is 0 Å². The van der Waals surface area contributed by atoms with Crippen LogP contribution in [-0.4, -0.2) is 40.4 Å². The van der Waals surface area contributed by atoms with E-state index in [0.29, 0.717) is 24.7 Å². The van der Waals surface area contributed by atoms with E-state index in [2.05, 4.69) is 10.0 Å². The Morgan fingerprint density at radius 2 is 1.90 bits per heavy atom. The highest BCUT2D eigenvalue weighted by Crippen LogP contribution is 2.30. The zero-order valence-electron chi connectivity index (χ0n) is 15.5. The van der Waals surface area contributed by atoms with Gasteiger partial charge in [0.2, 0.25) is 15.9 Å². The molecule has 2 amide bonds. The van der Waals surface area contributed by atoms with E-state index in [1.54, 1.807) is 6.07 Å². The van der Waals surface area contributed by atoms with Gasteiger partial charge in [-0.05, 0) is 49.4 Å². The van der Waals surface area contributed by atoms with Crippen molar-refractivity contribution < 1.29 is 26.8 Å². The van der Waals surface area contributed by atoms with Crippen molar-refractivity contribution in [3.8, 4) is 0 Å². The number of anilines is 1. The molecule has 0 fully saturated rings. The lowest BCUT2D eigenvalue weighted by atomic mass is 10.2. The maximum atomic E-state index is 13.6. The van der Waals surface area contributed by atoms with Crippen molar-refractivity contribution in [3.05, 3.63) is 59.2 Å². The number of hydrogen-bond acceptors (Lipinski definition) is 4. The normalized spacial score (nSPS) is 13.3. The Bertz CT molecular complexity index is 1070. The fraction of sp³-hybridized carbons (Fsp3) is 0.263. The Hall–Kier alpha value is -2.85. The van der Waals surface area contributed by atoms with Gasteiger partial charge in [0, 0.05) is 31.3 Å². The van der Waals surface area contributed by atoms with Gasteiger partial charge in [0.25, 0.3) is 5.91 Å². The molecule has 0 bridgehead atoms. The highest BCUT2D eigenvalue weighted by Gasteiger charge is 2.26. The first kappa shape index (κ1) is 20.9. The second-order valence-corrected chi connectivity index (χ2v) is 8.31. The van der Waals surface area contributed by atoms with Gasteiger partial charge < -0.3 is 10.2 Å². The third-order valence-corrected chi connectivity index (χ3v) is 6.04. The third kappa shape index (κ3) is 4.43. The molecule has 1 aliphatic rings. The van der Waals surface area contributed by atoms with Crippen LogP contribution in [0.15, 0.2) is 41.3 Å². The molecule has 0 saturated heterocycles. The minimum Gasteiger partial charge on any atom is -0.351 e. The number of carbonyl (C=O) groups excluding carboxylic acids is 2. The fourth-order valence-corrected chi connectivity index (χ4v) is 3.89. The molecule has 0 radical (unpaired) electrons. The predicted octanol–water partition coefficient (Wildman–Crippen LogP) is 1.58. The van der Waals surface area contributed by atoms with Crippen LogP contribution < -0.4 is 14.9 Å². The molecule has 0 unspecified atom stereocenters. The fourth-order valence-electron chi connectivity index (χ4n) is 3.11. The summed E-state index contributed by atoms with van der Waals surface area (Å²) >= 11 is 0. The molecule has 1 heterocycles. The number of sulfonamides is 1. The van der Waals surface area contributed by atoms with Gasteiger partial charge in [-0.15, -0.1) is 0 Å². The molecular formula is C19H19F2N3O4S. The van der Waals surface area contributed by atoms with Gasteiger partial charge in [0.05, 0.1) is 10.5 Å². The molecule has 2 N–H and O–H groups in total. The van der Waals surface area contributed by atoms with Gasteiger partial charge in [0.15, 0.2) is 0 Å². The third-order valence-electron chi connectivity index (χ3n) is 4.63. The number of nitrogens with zero attached hydrogens (tertiary/aromatic N) is 1. The quantitative estimate of drug-likeness (QED) is 0.738. The number of benzene rings is 2. The Kier molecular flexibility index (Phi) is 5.94. The van der Waals surface area contributed by atoms with E-state index in [1.807, 2.05) is 0 Å². The van der Waals surface area contributed by atoms with Crippen LogP contribution in [0.3, 0.4) is 0 Å². The van der Waals surface area contributed by atoms with Gasteiger partial charge in [-0.25, -0.2) is 21.9 Å². The Morgan fingerprint density at radius 3 is 2.59 bits per heavy atom. The summed E-state index contributed by atoms with van der Waals surface area (Å²) in [7, 11) is -2.24. The molecule has 0 atom stereocenters. The van der Waals surface area contributed by atoms with Gasteiger partial charge >= 0.3 is 0 Å². The maximum absolute atomic E-state index is 13.6. The van der Waals surface area contributed by atoms with Crippen molar-refractivity contribution in [1.29, 1.82) is 0 Å². The monoisotopic (exact) mass is 423 g/mol. The second-order valence-electron chi connectivity index (χ2n) is 6.42. The molecule has 154 valence electrons. The number of fused-ring (bicyclic) bond motifs is 1. The highest BCUT2D eigenvalue weighted by atomic mass is 32.2. The van der Waals surface area contributed by atoms with Crippen LogP contribution >= 0.6 is 0 Å². The molecule has 0 spiro atoms. The lowest BCUT2D eigenvalue weighted by Gasteiger charge is -2.18. The number of nitrogens with one attached hydrogen (secondary N) is 2. The first-order valence-corrected chi connectivity index (χ1v) is 10.3. The summed E-state index contributed by atoms with van der Waals surface area (Å²) in [6.07, 6.45) is 0.492. The van der Waals surface area contributed by atoms with Crippen LogP contribution in [-0.2, 0) is 21.2 Å². The number of halogens is 2. The minimum atomic E-state index is -3.57. The molecule has 0 aliphatic carbocycles. The lowest BCUT2D eigenvalue weighted by molar-refractivity contribution is -0.118. The van der Waals surface area contributed by atoms with E-state index in [4.69, 9.17) is 0 Å². The Balaban J connectivity index is 1.61. The van der Waals surface area contributed by atoms with Crippen molar-refractivity contribution in [3.63, 3.8) is 0 Å². The number of amides is 2. The van der Waals surface area contributed by atoms with Gasteiger partial charge in [-0.1, -0.05) is 0 Å². The average molecular weight is 423 g/mol.